The number of nitrogens with zero attached hydrogens (tertiary/aromatic N) is 4. The number of hydrogen-bond acceptors (Lipinski definition) is 5. The van der Waals surface area contributed by atoms with Crippen LogP contribution in [0.15, 0.2) is 24.8 Å². The molecule has 88 valence electrons. The minimum atomic E-state index is -0.993. The van der Waals surface area contributed by atoms with Crippen LogP contribution in [0.3, 0.4) is 0 Å². The quantitative estimate of drug-likeness (QED) is 0.799. The lowest BCUT2D eigenvalue weighted by molar-refractivity contribution is 0.0698. The van der Waals surface area contributed by atoms with Gasteiger partial charge in [-0.3, -0.25) is 4.98 Å². The summed E-state index contributed by atoms with van der Waals surface area (Å²) in [4.78, 5) is 14.8. The van der Waals surface area contributed by atoms with Gasteiger partial charge in [-0.15, -0.1) is 10.2 Å². The van der Waals surface area contributed by atoms with E-state index in [0.717, 1.165) is 0 Å². The van der Waals surface area contributed by atoms with Crippen LogP contribution < -0.4 is 5.32 Å². The first-order valence-electron chi connectivity index (χ1n) is 4.92. The normalized spacial score (nSPS) is 10.2. The minimum Gasteiger partial charge on any atom is -0.478 e. The van der Waals surface area contributed by atoms with Crippen molar-refractivity contribution in [3.8, 4) is 0 Å². The molecule has 17 heavy (non-hydrogen) atoms. The van der Waals surface area contributed by atoms with Gasteiger partial charge in [-0.05, 0) is 6.07 Å². The van der Waals surface area contributed by atoms with Crippen molar-refractivity contribution < 1.29 is 9.90 Å². The number of carboxylic acids is 1. The van der Waals surface area contributed by atoms with Crippen molar-refractivity contribution in [3.63, 3.8) is 0 Å². The second-order valence-electron chi connectivity index (χ2n) is 3.44. The fourth-order valence-corrected chi connectivity index (χ4v) is 1.36. The van der Waals surface area contributed by atoms with Crippen LogP contribution in [-0.4, -0.2) is 30.8 Å². The third kappa shape index (κ3) is 2.39. The summed E-state index contributed by atoms with van der Waals surface area (Å²) in [5.41, 5.74) is 0.644. The van der Waals surface area contributed by atoms with E-state index in [1.165, 1.54) is 18.5 Å². The summed E-state index contributed by atoms with van der Waals surface area (Å²) in [6.45, 7) is 0.391. The second-order valence-corrected chi connectivity index (χ2v) is 3.44. The molecule has 2 aromatic heterocycles. The van der Waals surface area contributed by atoms with Gasteiger partial charge in [0.25, 0.3) is 0 Å². The molecular weight excluding hydrogens is 222 g/mol. The molecule has 0 aliphatic carbocycles. The van der Waals surface area contributed by atoms with E-state index in [-0.39, 0.29) is 5.56 Å². The van der Waals surface area contributed by atoms with E-state index in [1.54, 1.807) is 10.9 Å². The average Bonchev–Trinajstić information content (AvgIpc) is 2.72. The Balaban J connectivity index is 2.14. The summed E-state index contributed by atoms with van der Waals surface area (Å²) in [6, 6.07) is 1.45. The molecule has 0 radical (unpaired) electrons. The summed E-state index contributed by atoms with van der Waals surface area (Å²) in [6.07, 6.45) is 4.50. The van der Waals surface area contributed by atoms with Gasteiger partial charge in [0.1, 0.15) is 6.33 Å². The second kappa shape index (κ2) is 4.60. The van der Waals surface area contributed by atoms with E-state index in [9.17, 15) is 4.79 Å². The number of aromatic carboxylic acids is 1. The summed E-state index contributed by atoms with van der Waals surface area (Å²) >= 11 is 0. The number of aromatic nitrogens is 4. The first kappa shape index (κ1) is 11.1. The van der Waals surface area contributed by atoms with Gasteiger partial charge in [-0.25, -0.2) is 4.79 Å². The molecule has 2 N–H and O–H groups in total. The molecule has 0 aliphatic rings. The average molecular weight is 233 g/mol. The fourth-order valence-electron chi connectivity index (χ4n) is 1.36. The van der Waals surface area contributed by atoms with Crippen molar-refractivity contribution in [1.29, 1.82) is 0 Å². The standard InChI is InChI=1S/C10H11N5O2/c1-15-6-13-14-9(15)5-12-8-4-11-3-2-7(8)10(16)17/h2-4,6,12H,5H2,1H3,(H,16,17). The largest absolute Gasteiger partial charge is 0.478 e. The van der Waals surface area contributed by atoms with Gasteiger partial charge >= 0.3 is 5.97 Å². The molecule has 0 unspecified atom stereocenters. The zero-order chi connectivity index (χ0) is 12.3. The van der Waals surface area contributed by atoms with Crippen LogP contribution >= 0.6 is 0 Å². The van der Waals surface area contributed by atoms with Crippen LogP contribution in [0, 0.1) is 0 Å². The molecule has 0 amide bonds. The Labute approximate surface area is 97.1 Å². The zero-order valence-corrected chi connectivity index (χ0v) is 9.16. The number of anilines is 1. The number of rotatable bonds is 4. The third-order valence-corrected chi connectivity index (χ3v) is 2.29. The number of carbonyl (C=O) groups is 1. The summed E-state index contributed by atoms with van der Waals surface area (Å²) < 4.78 is 1.75. The van der Waals surface area contributed by atoms with E-state index in [1.807, 2.05) is 7.05 Å². The highest BCUT2D eigenvalue weighted by Crippen LogP contribution is 2.13. The number of aryl methyl sites for hydroxylation is 1. The lowest BCUT2D eigenvalue weighted by Crippen LogP contribution is -2.09. The lowest BCUT2D eigenvalue weighted by atomic mass is 10.2. The SMILES string of the molecule is Cn1cnnc1CNc1cnccc1C(=O)O. The van der Waals surface area contributed by atoms with Crippen molar-refractivity contribution in [1.82, 2.24) is 19.7 Å². The van der Waals surface area contributed by atoms with Gasteiger partial charge in [0.05, 0.1) is 24.0 Å². The highest BCUT2D eigenvalue weighted by molar-refractivity contribution is 5.93. The Morgan fingerprint density at radius 3 is 3.06 bits per heavy atom. The third-order valence-electron chi connectivity index (χ3n) is 2.29. The van der Waals surface area contributed by atoms with E-state index in [0.29, 0.717) is 18.1 Å². The molecule has 2 heterocycles. The maximum absolute atomic E-state index is 10.9. The van der Waals surface area contributed by atoms with Gasteiger partial charge in [0, 0.05) is 13.2 Å². The molecular formula is C10H11N5O2. The lowest BCUT2D eigenvalue weighted by Gasteiger charge is -2.07. The number of carboxylic acid groups (broad SMARTS) is 1. The molecule has 0 bridgehead atoms. The summed E-state index contributed by atoms with van der Waals surface area (Å²) in [5, 5.41) is 19.6. The number of pyridine rings is 1. The summed E-state index contributed by atoms with van der Waals surface area (Å²) in [7, 11) is 1.82. The Hall–Kier alpha value is -2.44. The molecule has 0 aromatic carbocycles. The topological polar surface area (TPSA) is 92.9 Å². The Morgan fingerprint density at radius 2 is 2.41 bits per heavy atom. The summed E-state index contributed by atoms with van der Waals surface area (Å²) in [5.74, 6) is -0.280. The van der Waals surface area contributed by atoms with E-state index >= 15 is 0 Å². The van der Waals surface area contributed by atoms with Crippen LogP contribution in [-0.2, 0) is 13.6 Å². The van der Waals surface area contributed by atoms with Crippen molar-refractivity contribution in [2.45, 2.75) is 6.54 Å². The molecule has 0 aliphatic heterocycles. The highest BCUT2D eigenvalue weighted by Gasteiger charge is 2.09. The molecule has 2 aromatic rings. The van der Waals surface area contributed by atoms with Gasteiger partial charge in [0.15, 0.2) is 5.82 Å². The maximum atomic E-state index is 10.9. The Morgan fingerprint density at radius 1 is 1.59 bits per heavy atom. The molecule has 0 spiro atoms. The van der Waals surface area contributed by atoms with Gasteiger partial charge in [-0.2, -0.15) is 0 Å². The van der Waals surface area contributed by atoms with Crippen molar-refractivity contribution in [2.24, 2.45) is 7.05 Å². The van der Waals surface area contributed by atoms with Crippen LogP contribution in [0.1, 0.15) is 16.2 Å². The molecule has 0 atom stereocenters. The predicted octanol–water partition coefficient (Wildman–Crippen LogP) is 0.520. The van der Waals surface area contributed by atoms with Gasteiger partial charge < -0.3 is 15.0 Å². The van der Waals surface area contributed by atoms with Gasteiger partial charge in [0.2, 0.25) is 0 Å². The smallest absolute Gasteiger partial charge is 0.337 e. The van der Waals surface area contributed by atoms with Crippen LogP contribution in [0.5, 0.6) is 0 Å². The monoisotopic (exact) mass is 233 g/mol. The Kier molecular flexibility index (Phi) is 2.99. The van der Waals surface area contributed by atoms with E-state index < -0.39 is 5.97 Å². The van der Waals surface area contributed by atoms with Crippen LogP contribution in [0.2, 0.25) is 0 Å². The molecule has 7 heteroatoms. The minimum absolute atomic E-state index is 0.183. The number of hydrogen-bond donors (Lipinski definition) is 2. The molecule has 0 fully saturated rings. The highest BCUT2D eigenvalue weighted by atomic mass is 16.4. The van der Waals surface area contributed by atoms with Crippen LogP contribution in [0.25, 0.3) is 0 Å². The molecule has 0 saturated heterocycles. The van der Waals surface area contributed by atoms with Gasteiger partial charge in [-0.1, -0.05) is 0 Å². The van der Waals surface area contributed by atoms with E-state index in [4.69, 9.17) is 5.11 Å². The number of nitrogens with one attached hydrogen (secondary N) is 1. The maximum Gasteiger partial charge on any atom is 0.337 e. The first-order chi connectivity index (χ1) is 8.18. The zero-order valence-electron chi connectivity index (χ0n) is 9.16. The fraction of sp³-hybridized carbons (Fsp3) is 0.200. The molecule has 7 nitrogen and oxygen atoms in total. The first-order valence-corrected chi connectivity index (χ1v) is 4.92. The van der Waals surface area contributed by atoms with E-state index in [2.05, 4.69) is 20.5 Å². The van der Waals surface area contributed by atoms with Crippen molar-refractivity contribution in [3.05, 3.63) is 36.2 Å². The Bertz CT molecular complexity index is 537. The molecule has 2 rings (SSSR count). The van der Waals surface area contributed by atoms with Crippen molar-refractivity contribution >= 4 is 11.7 Å². The van der Waals surface area contributed by atoms with Crippen molar-refractivity contribution in [2.75, 3.05) is 5.32 Å². The molecule has 0 saturated carbocycles. The van der Waals surface area contributed by atoms with Crippen LogP contribution in [0.4, 0.5) is 5.69 Å². The predicted molar refractivity (Wildman–Crippen MR) is 59.5 cm³/mol.